The van der Waals surface area contributed by atoms with Crippen molar-refractivity contribution < 1.29 is 19.5 Å². The van der Waals surface area contributed by atoms with Gasteiger partial charge in [0.05, 0.1) is 5.56 Å². The third-order valence-corrected chi connectivity index (χ3v) is 4.72. The van der Waals surface area contributed by atoms with Crippen LogP contribution in [0.4, 0.5) is 0 Å². The number of carboxylic acids is 1. The molecule has 0 aliphatic rings. The standard InChI is InChI=1S/C20H21NO4S/c1-14(22)26-13-18-5-3-2-4-16(18)10-11-19(23)21-12-15-6-8-17(9-7-15)20(24)25/h2-9H,10-13H2,1H3,(H,21,23)(H,24,25). The van der Waals surface area contributed by atoms with Gasteiger partial charge < -0.3 is 10.4 Å². The summed E-state index contributed by atoms with van der Waals surface area (Å²) in [6, 6.07) is 14.2. The van der Waals surface area contributed by atoms with Crippen LogP contribution >= 0.6 is 11.8 Å². The number of carbonyl (C=O) groups is 3. The molecule has 0 bridgehead atoms. The van der Waals surface area contributed by atoms with Crippen molar-refractivity contribution in [3.63, 3.8) is 0 Å². The van der Waals surface area contributed by atoms with E-state index < -0.39 is 5.97 Å². The molecule has 0 spiro atoms. The van der Waals surface area contributed by atoms with Crippen molar-refractivity contribution in [2.45, 2.75) is 32.1 Å². The molecule has 0 saturated carbocycles. The highest BCUT2D eigenvalue weighted by atomic mass is 32.2. The summed E-state index contributed by atoms with van der Waals surface area (Å²) in [4.78, 5) is 34.0. The second kappa shape index (κ2) is 9.77. The summed E-state index contributed by atoms with van der Waals surface area (Å²) in [5.74, 6) is -0.424. The fourth-order valence-corrected chi connectivity index (χ4v) is 3.06. The average molecular weight is 371 g/mol. The first kappa shape index (κ1) is 19.7. The first-order valence-corrected chi connectivity index (χ1v) is 9.23. The third-order valence-electron chi connectivity index (χ3n) is 3.86. The molecule has 0 aliphatic carbocycles. The van der Waals surface area contributed by atoms with Crippen LogP contribution in [0, 0.1) is 0 Å². The number of benzene rings is 2. The minimum absolute atomic E-state index is 0.0682. The highest BCUT2D eigenvalue weighted by Crippen LogP contribution is 2.18. The summed E-state index contributed by atoms with van der Waals surface area (Å²) in [6.45, 7) is 1.91. The molecule has 0 aliphatic heterocycles. The quantitative estimate of drug-likeness (QED) is 0.743. The van der Waals surface area contributed by atoms with E-state index in [-0.39, 0.29) is 16.6 Å². The van der Waals surface area contributed by atoms with Gasteiger partial charge in [-0.05, 0) is 35.2 Å². The van der Waals surface area contributed by atoms with Gasteiger partial charge in [0.2, 0.25) is 5.91 Å². The molecule has 26 heavy (non-hydrogen) atoms. The fraction of sp³-hybridized carbons (Fsp3) is 0.250. The van der Waals surface area contributed by atoms with Crippen molar-refractivity contribution in [2.75, 3.05) is 0 Å². The second-order valence-corrected chi connectivity index (χ2v) is 6.98. The SMILES string of the molecule is CC(=O)SCc1ccccc1CCC(=O)NCc1ccc(C(=O)O)cc1. The van der Waals surface area contributed by atoms with Crippen LogP contribution in [0.3, 0.4) is 0 Å². The fourth-order valence-electron chi connectivity index (χ4n) is 2.42. The molecule has 1 amide bonds. The summed E-state index contributed by atoms with van der Waals surface area (Å²) >= 11 is 1.26. The van der Waals surface area contributed by atoms with Crippen LogP contribution < -0.4 is 5.32 Å². The number of thioether (sulfide) groups is 1. The normalized spacial score (nSPS) is 10.3. The van der Waals surface area contributed by atoms with E-state index in [9.17, 15) is 14.4 Å². The predicted octanol–water partition coefficient (Wildman–Crippen LogP) is 3.41. The largest absolute Gasteiger partial charge is 0.478 e. The van der Waals surface area contributed by atoms with Gasteiger partial charge in [-0.15, -0.1) is 0 Å². The van der Waals surface area contributed by atoms with Gasteiger partial charge in [-0.25, -0.2) is 4.79 Å². The molecule has 0 atom stereocenters. The zero-order valence-electron chi connectivity index (χ0n) is 14.5. The van der Waals surface area contributed by atoms with Gasteiger partial charge >= 0.3 is 5.97 Å². The zero-order chi connectivity index (χ0) is 18.9. The molecule has 0 saturated heterocycles. The van der Waals surface area contributed by atoms with Crippen molar-refractivity contribution in [1.29, 1.82) is 0 Å². The van der Waals surface area contributed by atoms with E-state index in [1.165, 1.54) is 23.9 Å². The van der Waals surface area contributed by atoms with E-state index in [2.05, 4.69) is 5.32 Å². The van der Waals surface area contributed by atoms with Crippen LogP contribution in [-0.2, 0) is 28.3 Å². The third kappa shape index (κ3) is 6.37. The summed E-state index contributed by atoms with van der Waals surface area (Å²) in [5, 5.41) is 11.8. The molecule has 6 heteroatoms. The number of rotatable bonds is 8. The Morgan fingerprint density at radius 2 is 1.65 bits per heavy atom. The van der Waals surface area contributed by atoms with E-state index in [1.807, 2.05) is 24.3 Å². The van der Waals surface area contributed by atoms with Gasteiger partial charge in [0.25, 0.3) is 0 Å². The molecule has 0 aromatic heterocycles. The Bertz CT molecular complexity index is 787. The first-order valence-electron chi connectivity index (χ1n) is 8.25. The maximum atomic E-state index is 12.1. The average Bonchev–Trinajstić information content (AvgIpc) is 2.63. The van der Waals surface area contributed by atoms with Crippen molar-refractivity contribution in [3.8, 4) is 0 Å². The molecule has 5 nitrogen and oxygen atoms in total. The number of carbonyl (C=O) groups excluding carboxylic acids is 2. The number of hydrogen-bond acceptors (Lipinski definition) is 4. The Balaban J connectivity index is 1.83. The monoisotopic (exact) mass is 371 g/mol. The smallest absolute Gasteiger partial charge is 0.335 e. The van der Waals surface area contributed by atoms with Gasteiger partial charge in [0, 0.05) is 25.6 Å². The van der Waals surface area contributed by atoms with Crippen molar-refractivity contribution in [2.24, 2.45) is 0 Å². The van der Waals surface area contributed by atoms with Gasteiger partial charge in [0.1, 0.15) is 0 Å². The molecule has 2 rings (SSSR count). The zero-order valence-corrected chi connectivity index (χ0v) is 15.3. The molecule has 0 fully saturated rings. The number of amides is 1. The molecule has 2 aromatic rings. The molecule has 2 aromatic carbocycles. The van der Waals surface area contributed by atoms with Crippen molar-refractivity contribution in [1.82, 2.24) is 5.32 Å². The lowest BCUT2D eigenvalue weighted by Gasteiger charge is -2.09. The molecule has 0 unspecified atom stereocenters. The number of carboxylic acid groups (broad SMARTS) is 1. The molecule has 136 valence electrons. The Labute approximate surface area is 156 Å². The Kier molecular flexibility index (Phi) is 7.41. The first-order chi connectivity index (χ1) is 12.5. The van der Waals surface area contributed by atoms with Crippen LogP contribution in [-0.4, -0.2) is 22.1 Å². The summed E-state index contributed by atoms with van der Waals surface area (Å²) < 4.78 is 0. The highest BCUT2D eigenvalue weighted by molar-refractivity contribution is 8.12. The summed E-state index contributed by atoms with van der Waals surface area (Å²) in [7, 11) is 0. The van der Waals surface area contributed by atoms with Gasteiger partial charge in [-0.3, -0.25) is 9.59 Å². The maximum Gasteiger partial charge on any atom is 0.335 e. The number of aryl methyl sites for hydroxylation is 1. The van der Waals surface area contributed by atoms with Crippen LogP contribution in [0.2, 0.25) is 0 Å². The van der Waals surface area contributed by atoms with Crippen LogP contribution in [0.5, 0.6) is 0 Å². The van der Waals surface area contributed by atoms with Gasteiger partial charge in [-0.1, -0.05) is 48.2 Å². The Hall–Kier alpha value is -2.60. The van der Waals surface area contributed by atoms with Crippen molar-refractivity contribution in [3.05, 3.63) is 70.8 Å². The number of nitrogens with one attached hydrogen (secondary N) is 1. The Morgan fingerprint density at radius 1 is 1.00 bits per heavy atom. The molecular weight excluding hydrogens is 350 g/mol. The lowest BCUT2D eigenvalue weighted by molar-refractivity contribution is -0.121. The summed E-state index contributed by atoms with van der Waals surface area (Å²) in [6.07, 6.45) is 0.966. The van der Waals surface area contributed by atoms with Crippen molar-refractivity contribution >= 4 is 28.8 Å². The highest BCUT2D eigenvalue weighted by Gasteiger charge is 2.08. The van der Waals surface area contributed by atoms with Crippen LogP contribution in [0.15, 0.2) is 48.5 Å². The molecule has 0 heterocycles. The minimum Gasteiger partial charge on any atom is -0.478 e. The molecule has 2 N–H and O–H groups in total. The number of hydrogen-bond donors (Lipinski definition) is 2. The molecular formula is C20H21NO4S. The molecule has 0 radical (unpaired) electrons. The van der Waals surface area contributed by atoms with E-state index in [1.54, 1.807) is 19.1 Å². The lowest BCUT2D eigenvalue weighted by atomic mass is 10.0. The minimum atomic E-state index is -0.970. The summed E-state index contributed by atoms with van der Waals surface area (Å²) in [5.41, 5.74) is 3.22. The Morgan fingerprint density at radius 3 is 2.27 bits per heavy atom. The van der Waals surface area contributed by atoms with E-state index in [0.717, 1.165) is 16.7 Å². The van der Waals surface area contributed by atoms with E-state index in [4.69, 9.17) is 5.11 Å². The van der Waals surface area contributed by atoms with Crippen LogP contribution in [0.1, 0.15) is 40.4 Å². The lowest BCUT2D eigenvalue weighted by Crippen LogP contribution is -2.23. The van der Waals surface area contributed by atoms with E-state index >= 15 is 0 Å². The second-order valence-electron chi connectivity index (χ2n) is 5.83. The topological polar surface area (TPSA) is 83.5 Å². The van der Waals surface area contributed by atoms with Gasteiger partial charge in [-0.2, -0.15) is 0 Å². The number of aromatic carboxylic acids is 1. The maximum absolute atomic E-state index is 12.1. The van der Waals surface area contributed by atoms with Gasteiger partial charge in [0.15, 0.2) is 5.12 Å². The van der Waals surface area contributed by atoms with Crippen LogP contribution in [0.25, 0.3) is 0 Å². The van der Waals surface area contributed by atoms with E-state index in [0.29, 0.717) is 25.1 Å². The predicted molar refractivity (Wildman–Crippen MR) is 102 cm³/mol.